The highest BCUT2D eigenvalue weighted by atomic mass is 15.1. The topological polar surface area (TPSA) is 6.48 Å². The second-order valence-electron chi connectivity index (χ2n) is 18.6. The lowest BCUT2D eigenvalue weighted by Gasteiger charge is -2.42. The van der Waals surface area contributed by atoms with Gasteiger partial charge in [-0.2, -0.15) is 0 Å². The molecule has 0 N–H and O–H groups in total. The van der Waals surface area contributed by atoms with Gasteiger partial charge in [0.1, 0.15) is 0 Å². The van der Waals surface area contributed by atoms with Crippen molar-refractivity contribution >= 4 is 65.8 Å². The van der Waals surface area contributed by atoms with Crippen LogP contribution in [0.5, 0.6) is 0 Å². The molecule has 2 aliphatic heterocycles. The summed E-state index contributed by atoms with van der Waals surface area (Å²) in [5.41, 5.74) is 17.6. The Hall–Kier alpha value is -7.16. The van der Waals surface area contributed by atoms with Gasteiger partial charge in [-0.25, -0.2) is 0 Å². The summed E-state index contributed by atoms with van der Waals surface area (Å²) in [6.45, 7) is 9.61. The molecular weight excluding hydrogens is 749 g/mol. The van der Waals surface area contributed by atoms with Gasteiger partial charge in [0.25, 0.3) is 0 Å². The maximum Gasteiger partial charge on any atom is 0.0455 e. The molecule has 62 heavy (non-hydrogen) atoms. The third-order valence-electron chi connectivity index (χ3n) is 14.5. The van der Waals surface area contributed by atoms with Crippen LogP contribution in [0.15, 0.2) is 182 Å². The molecule has 10 aromatic rings. The first-order valence-electron chi connectivity index (χ1n) is 22.0. The van der Waals surface area contributed by atoms with Crippen molar-refractivity contribution in [2.24, 2.45) is 0 Å². The predicted molar refractivity (Wildman–Crippen MR) is 266 cm³/mol. The van der Waals surface area contributed by atoms with E-state index in [-0.39, 0.29) is 10.8 Å². The van der Waals surface area contributed by atoms with Crippen molar-refractivity contribution in [3.8, 4) is 33.4 Å². The molecule has 0 fully saturated rings. The van der Waals surface area contributed by atoms with E-state index in [4.69, 9.17) is 0 Å². The van der Waals surface area contributed by atoms with E-state index in [2.05, 4.69) is 234 Å². The quantitative estimate of drug-likeness (QED) is 0.164. The van der Waals surface area contributed by atoms with Crippen LogP contribution in [0.3, 0.4) is 0 Å². The molecule has 2 nitrogen and oxygen atoms in total. The van der Waals surface area contributed by atoms with Crippen molar-refractivity contribution in [3.05, 3.63) is 204 Å². The van der Waals surface area contributed by atoms with Crippen molar-refractivity contribution in [1.82, 2.24) is 0 Å². The van der Waals surface area contributed by atoms with E-state index in [1.807, 2.05) is 0 Å². The number of para-hydroxylation sites is 2. The van der Waals surface area contributed by atoms with Crippen LogP contribution in [-0.2, 0) is 10.8 Å². The number of fused-ring (bicyclic) bond motifs is 8. The average molecular weight is 797 g/mol. The van der Waals surface area contributed by atoms with Gasteiger partial charge in [0.05, 0.1) is 0 Å². The van der Waals surface area contributed by atoms with Gasteiger partial charge in [-0.15, -0.1) is 0 Å². The number of nitrogens with zero attached hydrogens (tertiary/aromatic N) is 2. The molecule has 0 saturated carbocycles. The maximum absolute atomic E-state index is 2.52. The molecule has 2 heteroatoms. The van der Waals surface area contributed by atoms with Crippen LogP contribution < -0.4 is 9.80 Å². The van der Waals surface area contributed by atoms with Gasteiger partial charge in [-0.1, -0.05) is 161 Å². The van der Waals surface area contributed by atoms with E-state index < -0.39 is 0 Å². The Morgan fingerprint density at radius 3 is 1.27 bits per heavy atom. The standard InChI is InChI=1S/C60H48N2/c1-59(2)50-25-9-11-27-52(50)61(5)54-29-15-23-46(57(54)59)42-19-13-21-44-48(42)36-49-43(47-24-16-30-55-58(47)60(3,4)51-26-10-12-28-53(51)62(55)6)20-14-22-45(49)56(44)40-32-31-39-33-37-17-7-8-18-38(37)34-41(39)35-40/h7-36H,1-6H3. The third kappa shape index (κ3) is 5.10. The van der Waals surface area contributed by atoms with Gasteiger partial charge in [-0.3, -0.25) is 0 Å². The van der Waals surface area contributed by atoms with Gasteiger partial charge in [-0.05, 0) is 147 Å². The molecule has 0 amide bonds. The first-order valence-corrected chi connectivity index (χ1v) is 22.0. The van der Waals surface area contributed by atoms with E-state index in [0.29, 0.717) is 0 Å². The first kappa shape index (κ1) is 36.7. The number of benzene rings is 10. The Balaban J connectivity index is 1.18. The average Bonchev–Trinajstić information content (AvgIpc) is 3.30. The van der Waals surface area contributed by atoms with Gasteiger partial charge >= 0.3 is 0 Å². The highest BCUT2D eigenvalue weighted by molar-refractivity contribution is 6.20. The smallest absolute Gasteiger partial charge is 0.0455 e. The zero-order valence-electron chi connectivity index (χ0n) is 36.2. The largest absolute Gasteiger partial charge is 0.344 e. The number of rotatable bonds is 3. The highest BCUT2D eigenvalue weighted by Gasteiger charge is 2.39. The molecule has 0 saturated heterocycles. The molecule has 12 rings (SSSR count). The third-order valence-corrected chi connectivity index (χ3v) is 14.5. The van der Waals surface area contributed by atoms with E-state index in [0.717, 1.165) is 0 Å². The minimum Gasteiger partial charge on any atom is -0.344 e. The van der Waals surface area contributed by atoms with Crippen molar-refractivity contribution in [2.75, 3.05) is 23.9 Å². The molecule has 0 aromatic heterocycles. The molecular formula is C60H48N2. The Morgan fingerprint density at radius 2 is 0.742 bits per heavy atom. The molecule has 0 radical (unpaired) electrons. The highest BCUT2D eigenvalue weighted by Crippen LogP contribution is 2.55. The molecule has 10 aromatic carbocycles. The second kappa shape index (κ2) is 13.2. The van der Waals surface area contributed by atoms with Crippen LogP contribution in [-0.4, -0.2) is 14.1 Å². The number of hydrogen-bond acceptors (Lipinski definition) is 2. The van der Waals surface area contributed by atoms with Crippen LogP contribution in [0.1, 0.15) is 49.9 Å². The maximum atomic E-state index is 2.52. The molecule has 2 heterocycles. The van der Waals surface area contributed by atoms with Crippen LogP contribution >= 0.6 is 0 Å². The van der Waals surface area contributed by atoms with Crippen molar-refractivity contribution in [3.63, 3.8) is 0 Å². The molecule has 0 unspecified atom stereocenters. The monoisotopic (exact) mass is 796 g/mol. The molecule has 0 spiro atoms. The fourth-order valence-electron chi connectivity index (χ4n) is 11.6. The van der Waals surface area contributed by atoms with Crippen LogP contribution in [0, 0.1) is 0 Å². The number of anilines is 4. The summed E-state index contributed by atoms with van der Waals surface area (Å²) in [5, 5.41) is 10.1. The summed E-state index contributed by atoms with van der Waals surface area (Å²) < 4.78 is 0. The van der Waals surface area contributed by atoms with Gasteiger partial charge < -0.3 is 9.80 Å². The Morgan fingerprint density at radius 1 is 0.323 bits per heavy atom. The zero-order valence-corrected chi connectivity index (χ0v) is 36.2. The number of hydrogen-bond donors (Lipinski definition) is 0. The van der Waals surface area contributed by atoms with Crippen LogP contribution in [0.4, 0.5) is 22.7 Å². The normalized spacial score (nSPS) is 14.8. The summed E-state index contributed by atoms with van der Waals surface area (Å²) in [6, 6.07) is 68.7. The minimum absolute atomic E-state index is 0.222. The van der Waals surface area contributed by atoms with Crippen molar-refractivity contribution in [1.29, 1.82) is 0 Å². The van der Waals surface area contributed by atoms with Crippen LogP contribution in [0.25, 0.3) is 76.5 Å². The molecule has 2 aliphatic rings. The summed E-state index contributed by atoms with van der Waals surface area (Å²) >= 11 is 0. The predicted octanol–water partition coefficient (Wildman–Crippen LogP) is 16.1. The molecule has 0 bridgehead atoms. The lowest BCUT2D eigenvalue weighted by molar-refractivity contribution is 0.631. The Kier molecular flexibility index (Phi) is 7.79. The van der Waals surface area contributed by atoms with Gasteiger partial charge in [0.2, 0.25) is 0 Å². The summed E-state index contributed by atoms with van der Waals surface area (Å²) in [6.07, 6.45) is 0. The fourth-order valence-corrected chi connectivity index (χ4v) is 11.6. The minimum atomic E-state index is -0.222. The van der Waals surface area contributed by atoms with Crippen LogP contribution in [0.2, 0.25) is 0 Å². The Labute approximate surface area is 364 Å². The van der Waals surface area contributed by atoms with E-state index in [9.17, 15) is 0 Å². The summed E-state index contributed by atoms with van der Waals surface area (Å²) in [5.74, 6) is 0. The first-order chi connectivity index (χ1) is 30.1. The van der Waals surface area contributed by atoms with E-state index >= 15 is 0 Å². The summed E-state index contributed by atoms with van der Waals surface area (Å²) in [4.78, 5) is 4.77. The van der Waals surface area contributed by atoms with E-state index in [1.54, 1.807) is 0 Å². The lowest BCUT2D eigenvalue weighted by Crippen LogP contribution is -2.31. The summed E-state index contributed by atoms with van der Waals surface area (Å²) in [7, 11) is 4.44. The Bertz CT molecular complexity index is 3340. The van der Waals surface area contributed by atoms with E-state index in [1.165, 1.54) is 121 Å². The second-order valence-corrected chi connectivity index (χ2v) is 18.6. The van der Waals surface area contributed by atoms with Crippen molar-refractivity contribution in [2.45, 2.75) is 38.5 Å². The molecule has 0 atom stereocenters. The zero-order chi connectivity index (χ0) is 42.1. The molecule has 298 valence electrons. The fraction of sp³-hybridized carbons (Fsp3) is 0.133. The van der Waals surface area contributed by atoms with Crippen molar-refractivity contribution < 1.29 is 0 Å². The molecule has 0 aliphatic carbocycles. The lowest BCUT2D eigenvalue weighted by atomic mass is 9.70. The SMILES string of the molecule is CN1c2ccccc2C(C)(C)c2c(-c3cccc4c(-c5ccc6cc7ccccc7cc6c5)c5cccc(-c6cccc7c6C(C)(C)c6ccccc6N7C)c5cc34)cccc21. The van der Waals surface area contributed by atoms with Gasteiger partial charge in [0, 0.05) is 47.7 Å². The van der Waals surface area contributed by atoms with Gasteiger partial charge in [0.15, 0.2) is 0 Å².